The van der Waals surface area contributed by atoms with E-state index < -0.39 is 5.91 Å². The minimum Gasteiger partial charge on any atom is -0.490 e. The van der Waals surface area contributed by atoms with Crippen LogP contribution in [0.2, 0.25) is 5.02 Å². The van der Waals surface area contributed by atoms with Crippen molar-refractivity contribution in [1.82, 2.24) is 14.8 Å². The van der Waals surface area contributed by atoms with Crippen LogP contribution < -0.4 is 14.8 Å². The van der Waals surface area contributed by atoms with Crippen molar-refractivity contribution < 1.29 is 14.3 Å². The van der Waals surface area contributed by atoms with Gasteiger partial charge in [-0.05, 0) is 37.3 Å². The SMILES string of the molecule is CCOc1cc(C#N)ccc1OCC(=O)Nc1cc(Cl)ccc1-n1cncn1. The molecule has 9 heteroatoms. The summed E-state index contributed by atoms with van der Waals surface area (Å²) in [4.78, 5) is 16.3. The molecule has 1 heterocycles. The largest absolute Gasteiger partial charge is 0.490 e. The molecule has 0 spiro atoms. The molecule has 8 nitrogen and oxygen atoms in total. The lowest BCUT2D eigenvalue weighted by molar-refractivity contribution is -0.118. The molecule has 1 aromatic heterocycles. The normalized spacial score (nSPS) is 10.2. The van der Waals surface area contributed by atoms with Crippen LogP contribution in [0.3, 0.4) is 0 Å². The fourth-order valence-corrected chi connectivity index (χ4v) is 2.61. The fourth-order valence-electron chi connectivity index (χ4n) is 2.44. The summed E-state index contributed by atoms with van der Waals surface area (Å²) in [7, 11) is 0. The molecule has 0 fully saturated rings. The van der Waals surface area contributed by atoms with Crippen molar-refractivity contribution in [2.24, 2.45) is 0 Å². The minimum absolute atomic E-state index is 0.255. The van der Waals surface area contributed by atoms with Gasteiger partial charge in [0.2, 0.25) is 0 Å². The number of amides is 1. The van der Waals surface area contributed by atoms with Gasteiger partial charge in [0.25, 0.3) is 5.91 Å². The average molecular weight is 398 g/mol. The molecule has 0 aliphatic rings. The van der Waals surface area contributed by atoms with Crippen LogP contribution in [0, 0.1) is 11.3 Å². The van der Waals surface area contributed by atoms with Crippen LogP contribution >= 0.6 is 11.6 Å². The smallest absolute Gasteiger partial charge is 0.262 e. The summed E-state index contributed by atoms with van der Waals surface area (Å²) < 4.78 is 12.6. The number of nitriles is 1. The standard InChI is InChI=1S/C19H16ClN5O3/c1-2-27-18-7-13(9-21)3-6-17(18)28-10-19(26)24-15-8-14(20)4-5-16(15)25-12-22-11-23-25/h3-8,11-12H,2,10H2,1H3,(H,24,26). The Hall–Kier alpha value is -3.57. The molecule has 0 saturated heterocycles. The number of hydrogen-bond donors (Lipinski definition) is 1. The molecule has 2 aromatic carbocycles. The van der Waals surface area contributed by atoms with Gasteiger partial charge >= 0.3 is 0 Å². The molecule has 3 rings (SSSR count). The zero-order chi connectivity index (χ0) is 19.9. The maximum atomic E-state index is 12.4. The third-order valence-electron chi connectivity index (χ3n) is 3.63. The van der Waals surface area contributed by atoms with Gasteiger partial charge in [0.1, 0.15) is 12.7 Å². The molecule has 1 N–H and O–H groups in total. The Kier molecular flexibility index (Phi) is 6.09. The second kappa shape index (κ2) is 8.88. The number of halogens is 1. The number of nitrogens with zero attached hydrogens (tertiary/aromatic N) is 4. The first-order chi connectivity index (χ1) is 13.6. The van der Waals surface area contributed by atoms with E-state index in [-0.39, 0.29) is 6.61 Å². The highest BCUT2D eigenvalue weighted by Crippen LogP contribution is 2.28. The van der Waals surface area contributed by atoms with Gasteiger partial charge in [0, 0.05) is 11.1 Å². The number of nitrogens with one attached hydrogen (secondary N) is 1. The van der Waals surface area contributed by atoms with E-state index in [0.29, 0.717) is 40.1 Å². The Morgan fingerprint density at radius 3 is 2.82 bits per heavy atom. The summed E-state index contributed by atoms with van der Waals surface area (Å²) in [5.74, 6) is 0.384. The average Bonchev–Trinajstić information content (AvgIpc) is 3.22. The quantitative estimate of drug-likeness (QED) is 0.656. The first-order valence-electron chi connectivity index (χ1n) is 8.35. The van der Waals surface area contributed by atoms with E-state index in [1.807, 2.05) is 13.0 Å². The van der Waals surface area contributed by atoms with E-state index in [4.69, 9.17) is 26.3 Å². The van der Waals surface area contributed by atoms with E-state index >= 15 is 0 Å². The van der Waals surface area contributed by atoms with Crippen molar-refractivity contribution in [3.05, 3.63) is 59.6 Å². The van der Waals surface area contributed by atoms with Crippen LogP contribution in [0.15, 0.2) is 49.1 Å². The summed E-state index contributed by atoms with van der Waals surface area (Å²) in [5.41, 5.74) is 1.52. The number of carbonyl (C=O) groups is 1. The van der Waals surface area contributed by atoms with Crippen LogP contribution in [-0.4, -0.2) is 33.9 Å². The lowest BCUT2D eigenvalue weighted by Gasteiger charge is -2.14. The van der Waals surface area contributed by atoms with Crippen LogP contribution in [0.25, 0.3) is 5.69 Å². The molecule has 0 radical (unpaired) electrons. The minimum atomic E-state index is -0.393. The summed E-state index contributed by atoms with van der Waals surface area (Å²) in [5, 5.41) is 16.3. The van der Waals surface area contributed by atoms with Crippen LogP contribution in [0.1, 0.15) is 12.5 Å². The van der Waals surface area contributed by atoms with Gasteiger partial charge in [-0.25, -0.2) is 9.67 Å². The zero-order valence-corrected chi connectivity index (χ0v) is 15.7. The molecule has 0 saturated carbocycles. The van der Waals surface area contributed by atoms with Gasteiger partial charge in [0.15, 0.2) is 18.1 Å². The van der Waals surface area contributed by atoms with Gasteiger partial charge in [-0.2, -0.15) is 10.4 Å². The molecule has 1 amide bonds. The van der Waals surface area contributed by atoms with Crippen LogP contribution in [0.4, 0.5) is 5.69 Å². The van der Waals surface area contributed by atoms with E-state index in [1.54, 1.807) is 36.4 Å². The van der Waals surface area contributed by atoms with Gasteiger partial charge < -0.3 is 14.8 Å². The Morgan fingerprint density at radius 2 is 2.11 bits per heavy atom. The second-order valence-corrected chi connectivity index (χ2v) is 5.98. The van der Waals surface area contributed by atoms with E-state index in [1.165, 1.54) is 17.3 Å². The van der Waals surface area contributed by atoms with Gasteiger partial charge in [0.05, 0.1) is 29.6 Å². The molecule has 28 heavy (non-hydrogen) atoms. The van der Waals surface area contributed by atoms with Crippen molar-refractivity contribution in [1.29, 1.82) is 5.26 Å². The molecule has 0 aliphatic carbocycles. The highest BCUT2D eigenvalue weighted by atomic mass is 35.5. The van der Waals surface area contributed by atoms with Crippen molar-refractivity contribution in [3.8, 4) is 23.3 Å². The zero-order valence-electron chi connectivity index (χ0n) is 14.9. The molecular weight excluding hydrogens is 382 g/mol. The van der Waals surface area contributed by atoms with Gasteiger partial charge in [-0.1, -0.05) is 11.6 Å². The molecule has 0 atom stereocenters. The highest BCUT2D eigenvalue weighted by molar-refractivity contribution is 6.31. The van der Waals surface area contributed by atoms with E-state index in [9.17, 15) is 4.79 Å². The lowest BCUT2D eigenvalue weighted by Crippen LogP contribution is -2.21. The number of aromatic nitrogens is 3. The third kappa shape index (κ3) is 4.58. The maximum Gasteiger partial charge on any atom is 0.262 e. The van der Waals surface area contributed by atoms with Gasteiger partial charge in [-0.3, -0.25) is 4.79 Å². The third-order valence-corrected chi connectivity index (χ3v) is 3.86. The number of carbonyl (C=O) groups excluding carboxylic acids is 1. The summed E-state index contributed by atoms with van der Waals surface area (Å²) >= 11 is 6.05. The Morgan fingerprint density at radius 1 is 1.25 bits per heavy atom. The predicted octanol–water partition coefficient (Wildman–Crippen LogP) is 3.21. The predicted molar refractivity (Wildman–Crippen MR) is 103 cm³/mol. The molecule has 0 unspecified atom stereocenters. The van der Waals surface area contributed by atoms with Crippen molar-refractivity contribution in [2.75, 3.05) is 18.5 Å². The van der Waals surface area contributed by atoms with Crippen molar-refractivity contribution in [2.45, 2.75) is 6.92 Å². The van der Waals surface area contributed by atoms with Gasteiger partial charge in [-0.15, -0.1) is 0 Å². The van der Waals surface area contributed by atoms with Crippen LogP contribution in [0.5, 0.6) is 11.5 Å². The van der Waals surface area contributed by atoms with Crippen LogP contribution in [-0.2, 0) is 4.79 Å². The second-order valence-electron chi connectivity index (χ2n) is 5.54. The lowest BCUT2D eigenvalue weighted by atomic mass is 10.2. The summed E-state index contributed by atoms with van der Waals surface area (Å²) in [6, 6.07) is 11.8. The monoisotopic (exact) mass is 397 g/mol. The summed E-state index contributed by atoms with van der Waals surface area (Å²) in [6.07, 6.45) is 2.91. The van der Waals surface area contributed by atoms with E-state index in [2.05, 4.69) is 15.4 Å². The summed E-state index contributed by atoms with van der Waals surface area (Å²) in [6.45, 7) is 1.97. The van der Waals surface area contributed by atoms with Crippen molar-refractivity contribution in [3.63, 3.8) is 0 Å². The molecule has 142 valence electrons. The number of benzene rings is 2. The number of rotatable bonds is 7. The Balaban J connectivity index is 1.72. The molecular formula is C19H16ClN5O3. The Bertz CT molecular complexity index is 1010. The fraction of sp³-hybridized carbons (Fsp3) is 0.158. The molecule has 3 aromatic rings. The van der Waals surface area contributed by atoms with Crippen molar-refractivity contribution >= 4 is 23.2 Å². The topological polar surface area (TPSA) is 102 Å². The first kappa shape index (κ1) is 19.2. The molecule has 0 aliphatic heterocycles. The number of ether oxygens (including phenoxy) is 2. The first-order valence-corrected chi connectivity index (χ1v) is 8.72. The maximum absolute atomic E-state index is 12.4. The molecule has 0 bridgehead atoms. The van der Waals surface area contributed by atoms with E-state index in [0.717, 1.165) is 0 Å². The Labute approximate surface area is 166 Å². The number of hydrogen-bond acceptors (Lipinski definition) is 6. The highest BCUT2D eigenvalue weighted by Gasteiger charge is 2.13. The number of anilines is 1.